The molecule has 1 unspecified atom stereocenters. The Morgan fingerprint density at radius 2 is 1.84 bits per heavy atom. The Bertz CT molecular complexity index is 300. The third kappa shape index (κ3) is 5.47. The second-order valence-electron chi connectivity index (χ2n) is 6.63. The van der Waals surface area contributed by atoms with Crippen molar-refractivity contribution in [2.45, 2.75) is 58.3 Å². The van der Waals surface area contributed by atoms with Crippen LogP contribution >= 0.6 is 0 Å². The lowest BCUT2D eigenvalue weighted by molar-refractivity contribution is -0.180. The van der Waals surface area contributed by atoms with Crippen LogP contribution in [0.4, 0.5) is 0 Å². The number of carbonyl (C=O) groups excluding carboxylic acids is 1. The average Bonchev–Trinajstić information content (AvgIpc) is 2.19. The molecule has 1 atom stereocenters. The number of nitrogens with two attached hydrogens (primary N) is 1. The molecule has 1 rings (SSSR count). The van der Waals surface area contributed by atoms with Gasteiger partial charge in [0.2, 0.25) is 5.91 Å². The highest BCUT2D eigenvalue weighted by atomic mass is 16.5. The predicted octanol–water partition coefficient (Wildman–Crippen LogP) is 0.729. The first-order valence-electron chi connectivity index (χ1n) is 7.10. The summed E-state index contributed by atoms with van der Waals surface area (Å²) in [6.07, 6.45) is 0.745. The SMILES string of the molecule is CCNC(CCN1CC(C)(C)OC(C)(C)C1)C(N)=O. The second kappa shape index (κ2) is 6.20. The monoisotopic (exact) mass is 271 g/mol. The lowest BCUT2D eigenvalue weighted by Crippen LogP contribution is -2.57. The van der Waals surface area contributed by atoms with E-state index in [-0.39, 0.29) is 23.2 Å². The van der Waals surface area contributed by atoms with E-state index in [1.54, 1.807) is 0 Å². The molecule has 0 aliphatic carbocycles. The van der Waals surface area contributed by atoms with Gasteiger partial charge >= 0.3 is 0 Å². The van der Waals surface area contributed by atoms with E-state index in [9.17, 15) is 4.79 Å². The molecule has 1 aliphatic rings. The number of nitrogens with one attached hydrogen (secondary N) is 1. The van der Waals surface area contributed by atoms with E-state index in [0.29, 0.717) is 0 Å². The minimum Gasteiger partial charge on any atom is -0.368 e. The van der Waals surface area contributed by atoms with Crippen LogP contribution in [0, 0.1) is 0 Å². The zero-order chi connectivity index (χ0) is 14.7. The van der Waals surface area contributed by atoms with E-state index in [2.05, 4.69) is 37.9 Å². The number of ether oxygens (including phenoxy) is 1. The molecule has 1 aliphatic heterocycles. The minimum atomic E-state index is -0.270. The van der Waals surface area contributed by atoms with Crippen molar-refractivity contribution >= 4 is 5.91 Å². The van der Waals surface area contributed by atoms with Crippen molar-refractivity contribution in [2.24, 2.45) is 5.73 Å². The summed E-state index contributed by atoms with van der Waals surface area (Å²) in [5, 5.41) is 3.13. The molecular weight excluding hydrogens is 242 g/mol. The van der Waals surface area contributed by atoms with Gasteiger partial charge in [0.25, 0.3) is 0 Å². The van der Waals surface area contributed by atoms with Gasteiger partial charge in [0.1, 0.15) is 0 Å². The molecule has 5 nitrogen and oxygen atoms in total. The molecule has 1 fully saturated rings. The van der Waals surface area contributed by atoms with Crippen LogP contribution < -0.4 is 11.1 Å². The predicted molar refractivity (Wildman–Crippen MR) is 77.0 cm³/mol. The highest BCUT2D eigenvalue weighted by Crippen LogP contribution is 2.28. The van der Waals surface area contributed by atoms with Crippen LogP contribution in [0.2, 0.25) is 0 Å². The van der Waals surface area contributed by atoms with Crippen LogP contribution in [0.3, 0.4) is 0 Å². The summed E-state index contributed by atoms with van der Waals surface area (Å²) >= 11 is 0. The van der Waals surface area contributed by atoms with Crippen LogP contribution in [0.25, 0.3) is 0 Å². The first-order valence-corrected chi connectivity index (χ1v) is 7.10. The molecule has 0 radical (unpaired) electrons. The van der Waals surface area contributed by atoms with Gasteiger partial charge in [-0.05, 0) is 40.7 Å². The smallest absolute Gasteiger partial charge is 0.234 e. The van der Waals surface area contributed by atoms with E-state index < -0.39 is 0 Å². The van der Waals surface area contributed by atoms with Crippen molar-refractivity contribution in [1.82, 2.24) is 10.2 Å². The zero-order valence-corrected chi connectivity index (χ0v) is 13.0. The zero-order valence-electron chi connectivity index (χ0n) is 13.0. The van der Waals surface area contributed by atoms with E-state index in [1.807, 2.05) is 6.92 Å². The van der Waals surface area contributed by atoms with E-state index in [0.717, 1.165) is 32.6 Å². The maximum Gasteiger partial charge on any atom is 0.234 e. The molecule has 1 amide bonds. The number of likely N-dealkylation sites (N-methyl/N-ethyl adjacent to an activating group) is 1. The van der Waals surface area contributed by atoms with Gasteiger partial charge in [-0.1, -0.05) is 6.92 Å². The Kier molecular flexibility index (Phi) is 5.35. The maximum atomic E-state index is 11.3. The average molecular weight is 271 g/mol. The Balaban J connectivity index is 2.54. The molecule has 19 heavy (non-hydrogen) atoms. The molecule has 0 bridgehead atoms. The van der Waals surface area contributed by atoms with Crippen molar-refractivity contribution in [3.63, 3.8) is 0 Å². The summed E-state index contributed by atoms with van der Waals surface area (Å²) in [4.78, 5) is 13.7. The van der Waals surface area contributed by atoms with Gasteiger partial charge in [-0.15, -0.1) is 0 Å². The molecule has 0 spiro atoms. The molecule has 1 heterocycles. The fraction of sp³-hybridized carbons (Fsp3) is 0.929. The molecule has 0 saturated carbocycles. The second-order valence-corrected chi connectivity index (χ2v) is 6.63. The number of morpholine rings is 1. The van der Waals surface area contributed by atoms with Crippen molar-refractivity contribution in [3.8, 4) is 0 Å². The normalized spacial score (nSPS) is 24.1. The quantitative estimate of drug-likeness (QED) is 0.747. The standard InChI is InChI=1S/C14H29N3O2/c1-6-16-11(12(15)18)7-8-17-9-13(2,3)19-14(4,5)10-17/h11,16H,6-10H2,1-5H3,(H2,15,18). The molecule has 5 heteroatoms. The number of nitrogens with zero attached hydrogens (tertiary/aromatic N) is 1. The van der Waals surface area contributed by atoms with Crippen LogP contribution in [-0.4, -0.2) is 54.2 Å². The van der Waals surface area contributed by atoms with Crippen molar-refractivity contribution in [3.05, 3.63) is 0 Å². The summed E-state index contributed by atoms with van der Waals surface area (Å²) in [6.45, 7) is 13.8. The Morgan fingerprint density at radius 1 is 1.32 bits per heavy atom. The number of primary amides is 1. The lowest BCUT2D eigenvalue weighted by Gasteiger charge is -2.47. The molecule has 1 saturated heterocycles. The molecule has 0 aromatic heterocycles. The third-order valence-electron chi connectivity index (χ3n) is 3.29. The molecule has 0 aromatic rings. The molecule has 3 N–H and O–H groups in total. The maximum absolute atomic E-state index is 11.3. The van der Waals surface area contributed by atoms with E-state index >= 15 is 0 Å². The molecule has 112 valence electrons. The van der Waals surface area contributed by atoms with Crippen molar-refractivity contribution in [2.75, 3.05) is 26.2 Å². The minimum absolute atomic E-state index is 0.151. The molecule has 0 aromatic carbocycles. The summed E-state index contributed by atoms with van der Waals surface area (Å²) < 4.78 is 6.04. The van der Waals surface area contributed by atoms with Crippen molar-refractivity contribution < 1.29 is 9.53 Å². The first-order chi connectivity index (χ1) is 8.65. The van der Waals surface area contributed by atoms with Gasteiger partial charge in [0.05, 0.1) is 17.2 Å². The van der Waals surface area contributed by atoms with Gasteiger partial charge < -0.3 is 15.8 Å². The summed E-state index contributed by atoms with van der Waals surface area (Å²) in [6, 6.07) is -0.237. The van der Waals surface area contributed by atoms with Crippen molar-refractivity contribution in [1.29, 1.82) is 0 Å². The summed E-state index contributed by atoms with van der Waals surface area (Å²) in [5.74, 6) is -0.270. The first kappa shape index (κ1) is 16.4. The molecular formula is C14H29N3O2. The fourth-order valence-electron chi connectivity index (χ4n) is 3.01. The number of amides is 1. The van der Waals surface area contributed by atoms with Crippen LogP contribution in [-0.2, 0) is 9.53 Å². The number of carbonyl (C=O) groups is 1. The van der Waals surface area contributed by atoms with Crippen LogP contribution in [0.1, 0.15) is 41.0 Å². The third-order valence-corrected chi connectivity index (χ3v) is 3.29. The fourth-order valence-corrected chi connectivity index (χ4v) is 3.01. The highest BCUT2D eigenvalue weighted by molar-refractivity contribution is 5.79. The van der Waals surface area contributed by atoms with Gasteiger partial charge in [-0.2, -0.15) is 0 Å². The van der Waals surface area contributed by atoms with E-state index in [1.165, 1.54) is 0 Å². The Hall–Kier alpha value is -0.650. The lowest BCUT2D eigenvalue weighted by atomic mass is 9.98. The number of hydrogen-bond donors (Lipinski definition) is 2. The van der Waals surface area contributed by atoms with Gasteiger partial charge in [0.15, 0.2) is 0 Å². The largest absolute Gasteiger partial charge is 0.368 e. The number of rotatable bonds is 6. The topological polar surface area (TPSA) is 67.6 Å². The summed E-state index contributed by atoms with van der Waals surface area (Å²) in [7, 11) is 0. The van der Waals surface area contributed by atoms with Crippen LogP contribution in [0.15, 0.2) is 0 Å². The van der Waals surface area contributed by atoms with Gasteiger partial charge in [-0.3, -0.25) is 9.69 Å². The Labute approximate surface area is 116 Å². The van der Waals surface area contributed by atoms with E-state index in [4.69, 9.17) is 10.5 Å². The van der Waals surface area contributed by atoms with Crippen LogP contribution in [0.5, 0.6) is 0 Å². The Morgan fingerprint density at radius 3 is 2.26 bits per heavy atom. The van der Waals surface area contributed by atoms with Gasteiger partial charge in [-0.25, -0.2) is 0 Å². The highest BCUT2D eigenvalue weighted by Gasteiger charge is 2.38. The number of hydrogen-bond acceptors (Lipinski definition) is 4. The summed E-state index contributed by atoms with van der Waals surface area (Å²) in [5.41, 5.74) is 5.10. The van der Waals surface area contributed by atoms with Gasteiger partial charge in [0, 0.05) is 19.6 Å².